The summed E-state index contributed by atoms with van der Waals surface area (Å²) in [4.78, 5) is 27.9. The van der Waals surface area contributed by atoms with Crippen LogP contribution in [0.15, 0.2) is 47.3 Å². The van der Waals surface area contributed by atoms with E-state index in [1.54, 1.807) is 17.0 Å². The number of hydrogen-bond acceptors (Lipinski definition) is 2. The third-order valence-electron chi connectivity index (χ3n) is 3.12. The highest BCUT2D eigenvalue weighted by molar-refractivity contribution is 5.92. The highest BCUT2D eigenvalue weighted by Gasteiger charge is 2.15. The Morgan fingerprint density at radius 3 is 2.60 bits per heavy atom. The molecule has 0 saturated heterocycles. The van der Waals surface area contributed by atoms with Crippen molar-refractivity contribution in [2.45, 2.75) is 20.4 Å². The number of carbonyl (C=O) groups is 1. The first-order valence-electron chi connectivity index (χ1n) is 6.64. The SMILES string of the molecule is CCN(Cc1cccc(C)c1)C(=O)c1cccc(=O)[nH]1. The van der Waals surface area contributed by atoms with Crippen LogP contribution in [0.2, 0.25) is 0 Å². The zero-order valence-corrected chi connectivity index (χ0v) is 11.7. The normalized spacial score (nSPS) is 10.3. The zero-order valence-electron chi connectivity index (χ0n) is 11.7. The predicted molar refractivity (Wildman–Crippen MR) is 78.7 cm³/mol. The summed E-state index contributed by atoms with van der Waals surface area (Å²) >= 11 is 0. The Balaban J connectivity index is 2.20. The molecule has 0 radical (unpaired) electrons. The third-order valence-corrected chi connectivity index (χ3v) is 3.12. The van der Waals surface area contributed by atoms with E-state index in [0.29, 0.717) is 18.8 Å². The Morgan fingerprint density at radius 2 is 1.95 bits per heavy atom. The van der Waals surface area contributed by atoms with Crippen LogP contribution in [-0.4, -0.2) is 22.3 Å². The molecule has 0 saturated carbocycles. The second-order valence-electron chi connectivity index (χ2n) is 4.74. The minimum absolute atomic E-state index is 0.160. The lowest BCUT2D eigenvalue weighted by Crippen LogP contribution is -2.32. The molecule has 2 rings (SSSR count). The molecule has 4 heteroatoms. The third kappa shape index (κ3) is 3.35. The largest absolute Gasteiger partial charge is 0.333 e. The summed E-state index contributed by atoms with van der Waals surface area (Å²) in [5, 5.41) is 0. The fourth-order valence-corrected chi connectivity index (χ4v) is 2.10. The van der Waals surface area contributed by atoms with Crippen LogP contribution in [0.4, 0.5) is 0 Å². The molecule has 1 aromatic carbocycles. The van der Waals surface area contributed by atoms with Crippen LogP contribution in [0, 0.1) is 6.92 Å². The van der Waals surface area contributed by atoms with Crippen LogP contribution in [-0.2, 0) is 6.54 Å². The molecule has 20 heavy (non-hydrogen) atoms. The lowest BCUT2D eigenvalue weighted by atomic mass is 10.1. The van der Waals surface area contributed by atoms with Crippen LogP contribution in [0.1, 0.15) is 28.5 Å². The van der Waals surface area contributed by atoms with Gasteiger partial charge in [0, 0.05) is 19.2 Å². The Labute approximate surface area is 118 Å². The minimum atomic E-state index is -0.262. The van der Waals surface area contributed by atoms with Crippen molar-refractivity contribution in [3.63, 3.8) is 0 Å². The summed E-state index contributed by atoms with van der Waals surface area (Å²) in [6.07, 6.45) is 0. The molecule has 0 spiro atoms. The monoisotopic (exact) mass is 270 g/mol. The number of amides is 1. The first-order valence-corrected chi connectivity index (χ1v) is 6.64. The van der Waals surface area contributed by atoms with E-state index in [9.17, 15) is 9.59 Å². The molecule has 0 aliphatic carbocycles. The van der Waals surface area contributed by atoms with Gasteiger partial charge in [-0.2, -0.15) is 0 Å². The molecule has 0 aliphatic heterocycles. The molecule has 2 aromatic rings. The van der Waals surface area contributed by atoms with E-state index in [4.69, 9.17) is 0 Å². The number of aromatic amines is 1. The summed E-state index contributed by atoms with van der Waals surface area (Å²) in [6.45, 7) is 5.07. The number of nitrogens with one attached hydrogen (secondary N) is 1. The van der Waals surface area contributed by atoms with E-state index >= 15 is 0 Å². The van der Waals surface area contributed by atoms with Crippen molar-refractivity contribution in [2.24, 2.45) is 0 Å². The molecular weight excluding hydrogens is 252 g/mol. The van der Waals surface area contributed by atoms with E-state index in [1.165, 1.54) is 11.6 Å². The molecule has 1 aromatic heterocycles. The maximum atomic E-state index is 12.4. The van der Waals surface area contributed by atoms with Gasteiger partial charge in [0.05, 0.1) is 0 Å². The van der Waals surface area contributed by atoms with Gasteiger partial charge in [0.1, 0.15) is 5.69 Å². The fraction of sp³-hybridized carbons (Fsp3) is 0.250. The summed E-state index contributed by atoms with van der Waals surface area (Å²) in [5.41, 5.74) is 2.31. The second kappa shape index (κ2) is 6.19. The molecule has 104 valence electrons. The smallest absolute Gasteiger partial charge is 0.270 e. The molecule has 1 amide bonds. The first-order chi connectivity index (χ1) is 9.60. The topological polar surface area (TPSA) is 53.2 Å². The maximum Gasteiger partial charge on any atom is 0.270 e. The van der Waals surface area contributed by atoms with Gasteiger partial charge in [-0.25, -0.2) is 0 Å². The van der Waals surface area contributed by atoms with E-state index in [0.717, 1.165) is 5.56 Å². The molecule has 0 unspecified atom stereocenters. The number of carbonyl (C=O) groups excluding carboxylic acids is 1. The van der Waals surface area contributed by atoms with Crippen molar-refractivity contribution in [1.29, 1.82) is 0 Å². The average molecular weight is 270 g/mol. The summed E-state index contributed by atoms with van der Waals surface area (Å²) < 4.78 is 0. The lowest BCUT2D eigenvalue weighted by molar-refractivity contribution is 0.0746. The van der Waals surface area contributed by atoms with Crippen LogP contribution in [0.3, 0.4) is 0 Å². The van der Waals surface area contributed by atoms with Crippen molar-refractivity contribution in [1.82, 2.24) is 9.88 Å². The van der Waals surface area contributed by atoms with Gasteiger partial charge in [0.2, 0.25) is 5.56 Å². The molecule has 0 atom stereocenters. The maximum absolute atomic E-state index is 12.4. The van der Waals surface area contributed by atoms with Gasteiger partial charge in [-0.15, -0.1) is 0 Å². The number of nitrogens with zero attached hydrogens (tertiary/aromatic N) is 1. The summed E-state index contributed by atoms with van der Waals surface area (Å²) in [7, 11) is 0. The number of aromatic nitrogens is 1. The van der Waals surface area contributed by atoms with Crippen molar-refractivity contribution >= 4 is 5.91 Å². The molecular formula is C16H18N2O2. The van der Waals surface area contributed by atoms with Gasteiger partial charge >= 0.3 is 0 Å². The van der Waals surface area contributed by atoms with E-state index < -0.39 is 0 Å². The number of H-pyrrole nitrogens is 1. The average Bonchev–Trinajstić information content (AvgIpc) is 2.44. The summed E-state index contributed by atoms with van der Waals surface area (Å²) in [6, 6.07) is 12.7. The van der Waals surface area contributed by atoms with Crippen molar-refractivity contribution in [3.8, 4) is 0 Å². The van der Waals surface area contributed by atoms with Crippen LogP contribution in [0.5, 0.6) is 0 Å². The Morgan fingerprint density at radius 1 is 1.20 bits per heavy atom. The Bertz CT molecular complexity index is 661. The Kier molecular flexibility index (Phi) is 4.35. The van der Waals surface area contributed by atoms with Crippen LogP contribution in [0.25, 0.3) is 0 Å². The zero-order chi connectivity index (χ0) is 14.5. The number of hydrogen-bond donors (Lipinski definition) is 1. The molecule has 0 aliphatic rings. The van der Waals surface area contributed by atoms with Crippen LogP contribution >= 0.6 is 0 Å². The van der Waals surface area contributed by atoms with E-state index in [2.05, 4.69) is 11.1 Å². The van der Waals surface area contributed by atoms with Crippen molar-refractivity contribution in [2.75, 3.05) is 6.54 Å². The number of rotatable bonds is 4. The van der Waals surface area contributed by atoms with E-state index in [-0.39, 0.29) is 11.5 Å². The standard InChI is InChI=1S/C16H18N2O2/c1-3-18(11-13-7-4-6-12(2)10-13)16(20)14-8-5-9-15(19)17-14/h4-10H,3,11H2,1-2H3,(H,17,19). The molecule has 4 nitrogen and oxygen atoms in total. The molecule has 1 heterocycles. The Hall–Kier alpha value is -2.36. The number of benzene rings is 1. The minimum Gasteiger partial charge on any atom is -0.333 e. The van der Waals surface area contributed by atoms with Crippen molar-refractivity contribution < 1.29 is 4.79 Å². The molecule has 1 N–H and O–H groups in total. The second-order valence-corrected chi connectivity index (χ2v) is 4.74. The van der Waals surface area contributed by atoms with E-state index in [1.807, 2.05) is 32.0 Å². The van der Waals surface area contributed by atoms with Crippen molar-refractivity contribution in [3.05, 3.63) is 69.6 Å². The highest BCUT2D eigenvalue weighted by atomic mass is 16.2. The molecule has 0 fully saturated rings. The van der Waals surface area contributed by atoms with Gasteiger partial charge in [0.25, 0.3) is 5.91 Å². The van der Waals surface area contributed by atoms with Gasteiger partial charge in [0.15, 0.2) is 0 Å². The highest BCUT2D eigenvalue weighted by Crippen LogP contribution is 2.10. The van der Waals surface area contributed by atoms with Gasteiger partial charge in [-0.05, 0) is 25.5 Å². The van der Waals surface area contributed by atoms with Gasteiger partial charge in [-0.3, -0.25) is 9.59 Å². The predicted octanol–water partition coefficient (Wildman–Crippen LogP) is 2.35. The quantitative estimate of drug-likeness (QED) is 0.927. The first kappa shape index (κ1) is 14.1. The van der Waals surface area contributed by atoms with Crippen LogP contribution < -0.4 is 5.56 Å². The fourth-order valence-electron chi connectivity index (χ4n) is 2.10. The molecule has 0 bridgehead atoms. The number of aryl methyl sites for hydroxylation is 1. The summed E-state index contributed by atoms with van der Waals surface area (Å²) in [5.74, 6) is -0.160. The lowest BCUT2D eigenvalue weighted by Gasteiger charge is -2.21. The number of pyridine rings is 1. The van der Waals surface area contributed by atoms with Gasteiger partial charge in [-0.1, -0.05) is 35.9 Å². The van der Waals surface area contributed by atoms with Gasteiger partial charge < -0.3 is 9.88 Å².